The average molecular weight is 377 g/mol. The maximum absolute atomic E-state index is 4.90. The standard InChI is InChI=1S/C6H12O.2C6H14.C3H8.2C2H6/c1-4-5-6(2)7-3;1-4-5-6(2)3;1-3-5-6-4-2;1-3-2;2*1-2/h4-6H,1-3H3;6H,4-5H2,1-3H3;3-6H2,1-2H3;3H2,1-2H3;2*1-2H3/b5-4+;;;;;. The normalized spacial score (nSPS) is 9.65. The molecule has 1 atom stereocenters. The molecule has 1 unspecified atom stereocenters. The van der Waals surface area contributed by atoms with E-state index in [1.54, 1.807) is 7.11 Å². The molecule has 0 amide bonds. The summed E-state index contributed by atoms with van der Waals surface area (Å²) in [6, 6.07) is 0. The SMILES string of the molecule is C/C=C/C(C)OC.CC.CC.CCC.CCCC(C)C.CCCCCC. The summed E-state index contributed by atoms with van der Waals surface area (Å²) in [6.45, 7) is 27.4. The van der Waals surface area contributed by atoms with Gasteiger partial charge in [-0.25, -0.2) is 0 Å². The number of allylic oxidation sites excluding steroid dienone is 1. The molecule has 0 heterocycles. The summed E-state index contributed by atoms with van der Waals surface area (Å²) < 4.78 is 4.90. The van der Waals surface area contributed by atoms with E-state index in [4.69, 9.17) is 4.74 Å². The molecule has 26 heavy (non-hydrogen) atoms. The Balaban J connectivity index is -0.0000000493. The molecule has 166 valence electrons. The monoisotopic (exact) mass is 376 g/mol. The molecule has 0 aromatic rings. The molecule has 0 saturated heterocycles. The van der Waals surface area contributed by atoms with E-state index in [1.807, 2.05) is 53.7 Å². The molecule has 0 aliphatic heterocycles. The third-order valence-corrected chi connectivity index (χ3v) is 2.66. The number of ether oxygens (including phenoxy) is 1. The zero-order chi connectivity index (χ0) is 22.2. The Labute approximate surface area is 171 Å². The Morgan fingerprint density at radius 3 is 1.15 bits per heavy atom. The molecule has 0 N–H and O–H groups in total. The number of hydrogen-bond donors (Lipinski definition) is 0. The van der Waals surface area contributed by atoms with Crippen LogP contribution in [0.15, 0.2) is 12.2 Å². The molecule has 1 nitrogen and oxygen atoms in total. The van der Waals surface area contributed by atoms with Crippen LogP contribution < -0.4 is 0 Å². The van der Waals surface area contributed by atoms with Crippen LogP contribution in [0.5, 0.6) is 0 Å². The minimum atomic E-state index is 0.269. The van der Waals surface area contributed by atoms with Crippen LogP contribution in [-0.4, -0.2) is 13.2 Å². The molecular weight excluding hydrogens is 316 g/mol. The summed E-state index contributed by atoms with van der Waals surface area (Å²) in [5.41, 5.74) is 0. The van der Waals surface area contributed by atoms with Crippen molar-refractivity contribution >= 4 is 0 Å². The summed E-state index contributed by atoms with van der Waals surface area (Å²) in [5.74, 6) is 0.898. The number of methoxy groups -OCH3 is 1. The molecule has 1 heteroatoms. The average Bonchev–Trinajstić information content (AvgIpc) is 2.65. The first-order valence-corrected chi connectivity index (χ1v) is 11.6. The van der Waals surface area contributed by atoms with Crippen molar-refractivity contribution in [1.29, 1.82) is 0 Å². The van der Waals surface area contributed by atoms with Gasteiger partial charge in [-0.2, -0.15) is 0 Å². The quantitative estimate of drug-likeness (QED) is 0.317. The molecule has 0 aliphatic carbocycles. The van der Waals surface area contributed by atoms with Crippen LogP contribution in [0.2, 0.25) is 0 Å². The molecule has 0 rings (SSSR count). The summed E-state index contributed by atoms with van der Waals surface area (Å²) in [6.07, 6.45) is 13.7. The highest BCUT2D eigenvalue weighted by Gasteiger charge is 1.86. The van der Waals surface area contributed by atoms with E-state index in [-0.39, 0.29) is 6.10 Å². The second kappa shape index (κ2) is 56.3. The lowest BCUT2D eigenvalue weighted by atomic mass is 10.1. The van der Waals surface area contributed by atoms with Crippen molar-refractivity contribution in [2.45, 2.75) is 141 Å². The summed E-state index contributed by atoms with van der Waals surface area (Å²) in [7, 11) is 1.70. The maximum atomic E-state index is 4.90. The van der Waals surface area contributed by atoms with Gasteiger partial charge in [0, 0.05) is 7.11 Å². The third kappa shape index (κ3) is 107. The number of hydrogen-bond acceptors (Lipinski definition) is 1. The molecule has 0 saturated carbocycles. The molecule has 0 bridgehead atoms. The Morgan fingerprint density at radius 2 is 1.08 bits per heavy atom. The molecule has 0 aromatic carbocycles. The second-order valence-electron chi connectivity index (χ2n) is 6.06. The molecule has 0 aliphatic rings. The van der Waals surface area contributed by atoms with Gasteiger partial charge < -0.3 is 4.74 Å². The number of rotatable bonds is 7. The Hall–Kier alpha value is -0.300. The Kier molecular flexibility index (Phi) is 87.5. The van der Waals surface area contributed by atoms with Crippen LogP contribution in [0.1, 0.15) is 135 Å². The van der Waals surface area contributed by atoms with Crippen LogP contribution in [0.25, 0.3) is 0 Å². The Morgan fingerprint density at radius 1 is 0.731 bits per heavy atom. The van der Waals surface area contributed by atoms with Gasteiger partial charge in [-0.15, -0.1) is 0 Å². The lowest BCUT2D eigenvalue weighted by molar-refractivity contribution is 0.156. The minimum absolute atomic E-state index is 0.269. The van der Waals surface area contributed by atoms with Crippen molar-refractivity contribution < 1.29 is 4.74 Å². The van der Waals surface area contributed by atoms with E-state index >= 15 is 0 Å². The smallest absolute Gasteiger partial charge is 0.0723 e. The number of unbranched alkanes of at least 4 members (excludes halogenated alkanes) is 3. The molecule has 0 aromatic heterocycles. The molecule has 0 radical (unpaired) electrons. The molecule has 0 spiro atoms. The van der Waals surface area contributed by atoms with Gasteiger partial charge in [0.25, 0.3) is 0 Å². The van der Waals surface area contributed by atoms with E-state index in [9.17, 15) is 0 Å². The van der Waals surface area contributed by atoms with E-state index in [1.165, 1.54) is 44.9 Å². The van der Waals surface area contributed by atoms with Crippen LogP contribution in [0, 0.1) is 5.92 Å². The van der Waals surface area contributed by atoms with Crippen LogP contribution in [-0.2, 0) is 4.74 Å². The summed E-state index contributed by atoms with van der Waals surface area (Å²) in [4.78, 5) is 0. The molecule has 0 fully saturated rings. The highest BCUT2D eigenvalue weighted by molar-refractivity contribution is 4.82. The fraction of sp³-hybridized carbons (Fsp3) is 0.920. The van der Waals surface area contributed by atoms with Crippen molar-refractivity contribution in [1.82, 2.24) is 0 Å². The van der Waals surface area contributed by atoms with Crippen molar-refractivity contribution in [2.24, 2.45) is 5.92 Å². The first-order valence-electron chi connectivity index (χ1n) is 11.6. The van der Waals surface area contributed by atoms with Gasteiger partial charge >= 0.3 is 0 Å². The van der Waals surface area contributed by atoms with E-state index in [2.05, 4.69) is 48.5 Å². The van der Waals surface area contributed by atoms with Gasteiger partial charge in [0.05, 0.1) is 6.10 Å². The third-order valence-electron chi connectivity index (χ3n) is 2.66. The van der Waals surface area contributed by atoms with Crippen molar-refractivity contribution in [3.05, 3.63) is 12.2 Å². The predicted molar refractivity (Wildman–Crippen MR) is 130 cm³/mol. The van der Waals surface area contributed by atoms with E-state index in [0.29, 0.717) is 0 Å². The summed E-state index contributed by atoms with van der Waals surface area (Å²) in [5, 5.41) is 0. The van der Waals surface area contributed by atoms with Crippen LogP contribution >= 0.6 is 0 Å². The largest absolute Gasteiger partial charge is 0.378 e. The fourth-order valence-electron chi connectivity index (χ4n) is 1.43. The zero-order valence-corrected chi connectivity index (χ0v) is 21.7. The lowest BCUT2D eigenvalue weighted by Gasteiger charge is -1.98. The first kappa shape index (κ1) is 40.4. The maximum Gasteiger partial charge on any atom is 0.0723 e. The van der Waals surface area contributed by atoms with Gasteiger partial charge in [0.15, 0.2) is 0 Å². The molecular formula is C25H60O. The van der Waals surface area contributed by atoms with Gasteiger partial charge in [-0.05, 0) is 19.8 Å². The topological polar surface area (TPSA) is 9.23 Å². The van der Waals surface area contributed by atoms with Gasteiger partial charge in [-0.3, -0.25) is 0 Å². The van der Waals surface area contributed by atoms with Crippen molar-refractivity contribution in [2.75, 3.05) is 7.11 Å². The fourth-order valence-corrected chi connectivity index (χ4v) is 1.43. The van der Waals surface area contributed by atoms with Crippen molar-refractivity contribution in [3.63, 3.8) is 0 Å². The summed E-state index contributed by atoms with van der Waals surface area (Å²) >= 11 is 0. The van der Waals surface area contributed by atoms with Crippen LogP contribution in [0.4, 0.5) is 0 Å². The van der Waals surface area contributed by atoms with Crippen molar-refractivity contribution in [3.8, 4) is 0 Å². The van der Waals surface area contributed by atoms with E-state index < -0.39 is 0 Å². The minimum Gasteiger partial charge on any atom is -0.378 e. The van der Waals surface area contributed by atoms with Gasteiger partial charge in [0.1, 0.15) is 0 Å². The Bertz CT molecular complexity index is 158. The highest BCUT2D eigenvalue weighted by Crippen LogP contribution is 2.00. The van der Waals surface area contributed by atoms with E-state index in [0.717, 1.165) is 5.92 Å². The predicted octanol–water partition coefficient (Wildman–Crippen LogP) is 10.1. The van der Waals surface area contributed by atoms with Gasteiger partial charge in [-0.1, -0.05) is 133 Å². The zero-order valence-electron chi connectivity index (χ0n) is 21.7. The van der Waals surface area contributed by atoms with Crippen LogP contribution in [0.3, 0.4) is 0 Å². The lowest BCUT2D eigenvalue weighted by Crippen LogP contribution is -1.97. The first-order chi connectivity index (χ1) is 12.4. The second-order valence-corrected chi connectivity index (χ2v) is 6.06. The van der Waals surface area contributed by atoms with Gasteiger partial charge in [0.2, 0.25) is 0 Å². The highest BCUT2D eigenvalue weighted by atomic mass is 16.5.